The lowest BCUT2D eigenvalue weighted by molar-refractivity contribution is -0.130. The fourth-order valence-electron chi connectivity index (χ4n) is 2.40. The van der Waals surface area contributed by atoms with Gasteiger partial charge in [-0.1, -0.05) is 12.1 Å². The molecule has 0 spiro atoms. The summed E-state index contributed by atoms with van der Waals surface area (Å²) in [5.41, 5.74) is 7.21. The molecule has 1 heterocycles. The predicted octanol–water partition coefficient (Wildman–Crippen LogP) is 0.727. The van der Waals surface area contributed by atoms with Crippen LogP contribution in [-0.2, 0) is 21.2 Å². The van der Waals surface area contributed by atoms with Gasteiger partial charge in [0.2, 0.25) is 15.9 Å². The van der Waals surface area contributed by atoms with E-state index in [0.29, 0.717) is 44.7 Å². The van der Waals surface area contributed by atoms with Crippen LogP contribution in [0.1, 0.15) is 12.0 Å². The van der Waals surface area contributed by atoms with Crippen LogP contribution < -0.4 is 5.73 Å². The van der Waals surface area contributed by atoms with Crippen LogP contribution in [0.5, 0.6) is 0 Å². The average Bonchev–Trinajstić information content (AvgIpc) is 2.67. The number of nitrogen functional groups attached to an aromatic ring is 1. The number of carbonyl (C=O) groups is 1. The number of benzene rings is 1. The van der Waals surface area contributed by atoms with Crippen LogP contribution in [0, 0.1) is 0 Å². The van der Waals surface area contributed by atoms with E-state index in [-0.39, 0.29) is 18.3 Å². The van der Waals surface area contributed by atoms with Crippen LogP contribution in [0.25, 0.3) is 0 Å². The van der Waals surface area contributed by atoms with E-state index in [9.17, 15) is 13.2 Å². The molecule has 124 valence electrons. The second kappa shape index (κ2) is 7.80. The van der Waals surface area contributed by atoms with Crippen molar-refractivity contribution in [1.29, 1.82) is 0 Å². The van der Waals surface area contributed by atoms with Crippen molar-refractivity contribution in [2.24, 2.45) is 0 Å². The third-order valence-electron chi connectivity index (χ3n) is 3.61. The first-order valence-corrected chi connectivity index (χ1v) is 8.78. The Morgan fingerprint density at radius 1 is 1.14 bits per heavy atom. The van der Waals surface area contributed by atoms with Gasteiger partial charge in [0.25, 0.3) is 0 Å². The van der Waals surface area contributed by atoms with Crippen LogP contribution in [-0.4, -0.2) is 56.0 Å². The van der Waals surface area contributed by atoms with Gasteiger partial charge in [-0.25, -0.2) is 12.7 Å². The standard InChI is InChI=1S/C14H21N3O3S.ClH/c1-21(19,20)17-8-2-7-16(9-10-17)14(18)11-12-3-5-13(15)6-4-12;/h3-6H,2,7-11,15H2,1H3;1H. The third kappa shape index (κ3) is 5.15. The van der Waals surface area contributed by atoms with Crippen LogP contribution in [0.15, 0.2) is 24.3 Å². The molecule has 0 unspecified atom stereocenters. The summed E-state index contributed by atoms with van der Waals surface area (Å²) < 4.78 is 24.5. The van der Waals surface area contributed by atoms with Crippen molar-refractivity contribution < 1.29 is 13.2 Å². The number of sulfonamides is 1. The molecule has 0 aliphatic carbocycles. The fourth-order valence-corrected chi connectivity index (χ4v) is 3.27. The van der Waals surface area contributed by atoms with Gasteiger partial charge in [0.1, 0.15) is 0 Å². The van der Waals surface area contributed by atoms with Crippen LogP contribution in [0.3, 0.4) is 0 Å². The van der Waals surface area contributed by atoms with Crippen molar-refractivity contribution in [3.8, 4) is 0 Å². The largest absolute Gasteiger partial charge is 0.399 e. The molecular formula is C14H22ClN3O3S. The highest BCUT2D eigenvalue weighted by atomic mass is 35.5. The van der Waals surface area contributed by atoms with Crippen molar-refractivity contribution in [2.45, 2.75) is 12.8 Å². The second-order valence-electron chi connectivity index (χ2n) is 5.31. The van der Waals surface area contributed by atoms with Crippen molar-refractivity contribution in [3.63, 3.8) is 0 Å². The minimum atomic E-state index is -3.18. The summed E-state index contributed by atoms with van der Waals surface area (Å²) in [4.78, 5) is 14.0. The molecule has 1 amide bonds. The van der Waals surface area contributed by atoms with Crippen molar-refractivity contribution in [2.75, 3.05) is 38.2 Å². The summed E-state index contributed by atoms with van der Waals surface area (Å²) in [6.07, 6.45) is 2.19. The summed E-state index contributed by atoms with van der Waals surface area (Å²) in [6, 6.07) is 7.23. The maximum Gasteiger partial charge on any atom is 0.227 e. The molecule has 1 aromatic carbocycles. The zero-order valence-corrected chi connectivity index (χ0v) is 14.2. The summed E-state index contributed by atoms with van der Waals surface area (Å²) in [5.74, 6) is 0.0233. The van der Waals surface area contributed by atoms with E-state index in [1.807, 2.05) is 12.1 Å². The zero-order valence-electron chi connectivity index (χ0n) is 12.6. The lowest BCUT2D eigenvalue weighted by Crippen LogP contribution is -2.37. The summed E-state index contributed by atoms with van der Waals surface area (Å²) in [5, 5.41) is 0. The number of anilines is 1. The van der Waals surface area contributed by atoms with Gasteiger partial charge in [-0.2, -0.15) is 0 Å². The number of amides is 1. The molecule has 1 aliphatic heterocycles. The SMILES string of the molecule is CS(=O)(=O)N1CCCN(C(=O)Cc2ccc(N)cc2)CC1.Cl. The minimum Gasteiger partial charge on any atom is -0.399 e. The van der Waals surface area contributed by atoms with E-state index in [4.69, 9.17) is 5.73 Å². The van der Waals surface area contributed by atoms with Gasteiger partial charge in [-0.3, -0.25) is 4.79 Å². The highest BCUT2D eigenvalue weighted by Gasteiger charge is 2.23. The van der Waals surface area contributed by atoms with Gasteiger partial charge >= 0.3 is 0 Å². The van der Waals surface area contributed by atoms with Crippen molar-refractivity contribution >= 4 is 34.0 Å². The monoisotopic (exact) mass is 347 g/mol. The zero-order chi connectivity index (χ0) is 15.5. The lowest BCUT2D eigenvalue weighted by atomic mass is 10.1. The van der Waals surface area contributed by atoms with Gasteiger partial charge in [-0.15, -0.1) is 12.4 Å². The Bertz CT molecular complexity index is 604. The average molecular weight is 348 g/mol. The van der Waals surface area contributed by atoms with Crippen molar-refractivity contribution in [1.82, 2.24) is 9.21 Å². The molecule has 1 aromatic rings. The first-order chi connectivity index (χ1) is 9.86. The topological polar surface area (TPSA) is 83.7 Å². The van der Waals surface area contributed by atoms with Gasteiger partial charge in [0.15, 0.2) is 0 Å². The van der Waals surface area contributed by atoms with Gasteiger partial charge in [0.05, 0.1) is 12.7 Å². The second-order valence-corrected chi connectivity index (χ2v) is 7.30. The Labute approximate surface area is 137 Å². The summed E-state index contributed by atoms with van der Waals surface area (Å²) in [7, 11) is -3.18. The van der Waals surface area contributed by atoms with Gasteiger partial charge in [-0.05, 0) is 24.1 Å². The highest BCUT2D eigenvalue weighted by molar-refractivity contribution is 7.88. The number of nitrogens with zero attached hydrogens (tertiary/aromatic N) is 2. The normalized spacial score (nSPS) is 16.7. The number of hydrogen-bond donors (Lipinski definition) is 1. The molecule has 0 atom stereocenters. The number of hydrogen-bond acceptors (Lipinski definition) is 4. The Hall–Kier alpha value is -1.31. The predicted molar refractivity (Wildman–Crippen MR) is 89.4 cm³/mol. The maximum absolute atomic E-state index is 12.3. The third-order valence-corrected chi connectivity index (χ3v) is 4.91. The van der Waals surface area contributed by atoms with Crippen LogP contribution in [0.4, 0.5) is 5.69 Å². The molecule has 0 radical (unpaired) electrons. The number of carbonyl (C=O) groups excluding carboxylic acids is 1. The Kier molecular flexibility index (Phi) is 6.65. The van der Waals surface area contributed by atoms with E-state index < -0.39 is 10.0 Å². The fraction of sp³-hybridized carbons (Fsp3) is 0.500. The molecule has 1 fully saturated rings. The summed E-state index contributed by atoms with van der Waals surface area (Å²) >= 11 is 0. The van der Waals surface area contributed by atoms with E-state index >= 15 is 0 Å². The molecule has 1 saturated heterocycles. The Morgan fingerprint density at radius 3 is 2.36 bits per heavy atom. The smallest absolute Gasteiger partial charge is 0.227 e. The number of nitrogens with two attached hydrogens (primary N) is 1. The molecule has 2 rings (SSSR count). The van der Waals surface area contributed by atoms with Crippen LogP contribution >= 0.6 is 12.4 Å². The molecule has 8 heteroatoms. The van der Waals surface area contributed by atoms with E-state index in [1.165, 1.54) is 10.6 Å². The maximum atomic E-state index is 12.3. The van der Waals surface area contributed by atoms with Gasteiger partial charge in [0, 0.05) is 31.9 Å². The molecule has 0 aromatic heterocycles. The van der Waals surface area contributed by atoms with Crippen LogP contribution in [0.2, 0.25) is 0 Å². The minimum absolute atomic E-state index is 0. The number of rotatable bonds is 3. The van der Waals surface area contributed by atoms with Crippen molar-refractivity contribution in [3.05, 3.63) is 29.8 Å². The molecular weight excluding hydrogens is 326 g/mol. The molecule has 1 aliphatic rings. The van der Waals surface area contributed by atoms with E-state index in [2.05, 4.69) is 0 Å². The molecule has 0 saturated carbocycles. The first-order valence-electron chi connectivity index (χ1n) is 6.93. The van der Waals surface area contributed by atoms with E-state index in [0.717, 1.165) is 5.56 Å². The highest BCUT2D eigenvalue weighted by Crippen LogP contribution is 2.11. The first kappa shape index (κ1) is 18.7. The Balaban J connectivity index is 0.00000242. The molecule has 22 heavy (non-hydrogen) atoms. The molecule has 6 nitrogen and oxygen atoms in total. The quantitative estimate of drug-likeness (QED) is 0.817. The van der Waals surface area contributed by atoms with E-state index in [1.54, 1.807) is 17.0 Å². The van der Waals surface area contributed by atoms with Gasteiger partial charge < -0.3 is 10.6 Å². The number of halogens is 1. The lowest BCUT2D eigenvalue weighted by Gasteiger charge is -2.21. The Morgan fingerprint density at radius 2 is 1.77 bits per heavy atom. The molecule has 2 N–H and O–H groups in total. The molecule has 0 bridgehead atoms. The summed E-state index contributed by atoms with van der Waals surface area (Å²) in [6.45, 7) is 1.89.